The highest BCUT2D eigenvalue weighted by molar-refractivity contribution is 7.83. The van der Waals surface area contributed by atoms with Crippen LogP contribution in [0.25, 0.3) is 0 Å². The van der Waals surface area contributed by atoms with E-state index in [1.807, 2.05) is 0 Å². The van der Waals surface area contributed by atoms with Gasteiger partial charge < -0.3 is 0 Å². The van der Waals surface area contributed by atoms with Gasteiger partial charge in [0.15, 0.2) is 6.30 Å². The van der Waals surface area contributed by atoms with E-state index in [9.17, 15) is 17.2 Å². The molecule has 3 atom stereocenters. The van der Waals surface area contributed by atoms with Crippen LogP contribution < -0.4 is 0 Å². The number of alkyl halides is 3. The standard InChI is InChI=1S/C6H12ClF2NO3S/c1-4(8)3-6(9)10(5(2)7)14(11,12)13/h4-6H,3H2,1-2H3,(H,11,12,13). The SMILES string of the molecule is CC(F)CC(F)N(C(C)Cl)S(=O)(=O)O. The first-order chi connectivity index (χ1) is 6.16. The van der Waals surface area contributed by atoms with Crippen LogP contribution in [0.3, 0.4) is 0 Å². The van der Waals surface area contributed by atoms with Gasteiger partial charge in [-0.2, -0.15) is 8.42 Å². The predicted molar refractivity (Wildman–Crippen MR) is 48.8 cm³/mol. The lowest BCUT2D eigenvalue weighted by Crippen LogP contribution is -2.42. The van der Waals surface area contributed by atoms with Gasteiger partial charge in [0.05, 0.1) is 0 Å². The second kappa shape index (κ2) is 5.20. The summed E-state index contributed by atoms with van der Waals surface area (Å²) in [6.07, 6.45) is -4.36. The third-order valence-corrected chi connectivity index (χ3v) is 2.82. The monoisotopic (exact) mass is 251 g/mol. The zero-order valence-electron chi connectivity index (χ0n) is 7.69. The van der Waals surface area contributed by atoms with E-state index < -0.39 is 34.7 Å². The maximum absolute atomic E-state index is 13.1. The van der Waals surface area contributed by atoms with Crippen molar-refractivity contribution in [3.05, 3.63) is 0 Å². The van der Waals surface area contributed by atoms with Crippen molar-refractivity contribution in [2.45, 2.75) is 38.2 Å². The molecular weight excluding hydrogens is 240 g/mol. The van der Waals surface area contributed by atoms with Gasteiger partial charge in [0.25, 0.3) is 0 Å². The summed E-state index contributed by atoms with van der Waals surface area (Å²) in [6.45, 7) is 2.23. The van der Waals surface area contributed by atoms with Crippen molar-refractivity contribution in [1.82, 2.24) is 4.31 Å². The predicted octanol–water partition coefficient (Wildman–Crippen LogP) is 1.72. The Bertz CT molecular complexity index is 270. The molecule has 4 nitrogen and oxygen atoms in total. The Hall–Kier alpha value is 0.0200. The molecule has 14 heavy (non-hydrogen) atoms. The number of hydrogen-bond donors (Lipinski definition) is 1. The summed E-state index contributed by atoms with van der Waals surface area (Å²) < 4.78 is 55.4. The lowest BCUT2D eigenvalue weighted by Gasteiger charge is -2.24. The van der Waals surface area contributed by atoms with Gasteiger partial charge >= 0.3 is 10.3 Å². The summed E-state index contributed by atoms with van der Waals surface area (Å²) in [7, 11) is -4.75. The fourth-order valence-corrected chi connectivity index (χ4v) is 2.09. The Balaban J connectivity index is 4.68. The molecule has 1 N–H and O–H groups in total. The number of nitrogens with zero attached hydrogens (tertiary/aromatic N) is 1. The van der Waals surface area contributed by atoms with E-state index in [-0.39, 0.29) is 4.31 Å². The fraction of sp³-hybridized carbons (Fsp3) is 1.00. The molecule has 0 saturated carbocycles. The van der Waals surface area contributed by atoms with E-state index in [1.54, 1.807) is 0 Å². The van der Waals surface area contributed by atoms with Gasteiger partial charge in [0.1, 0.15) is 11.7 Å². The van der Waals surface area contributed by atoms with Gasteiger partial charge in [-0.15, -0.1) is 15.9 Å². The topological polar surface area (TPSA) is 57.6 Å². The molecule has 0 amide bonds. The fourth-order valence-electron chi connectivity index (χ4n) is 0.923. The van der Waals surface area contributed by atoms with E-state index in [1.165, 1.54) is 0 Å². The maximum Gasteiger partial charge on any atom is 0.339 e. The molecule has 86 valence electrons. The average molecular weight is 252 g/mol. The van der Waals surface area contributed by atoms with E-state index in [0.717, 1.165) is 13.8 Å². The number of hydrogen-bond acceptors (Lipinski definition) is 2. The third-order valence-electron chi connectivity index (χ3n) is 1.41. The molecule has 0 aromatic heterocycles. The summed E-state index contributed by atoms with van der Waals surface area (Å²) >= 11 is 5.33. The first-order valence-corrected chi connectivity index (χ1v) is 5.67. The van der Waals surface area contributed by atoms with Crippen molar-refractivity contribution in [1.29, 1.82) is 0 Å². The van der Waals surface area contributed by atoms with Gasteiger partial charge in [0.2, 0.25) is 0 Å². The molecule has 0 saturated heterocycles. The molecule has 0 aliphatic rings. The Morgan fingerprint density at radius 3 is 2.07 bits per heavy atom. The molecule has 0 spiro atoms. The first kappa shape index (κ1) is 14.0. The summed E-state index contributed by atoms with van der Waals surface area (Å²) in [5.74, 6) is 0. The Labute approximate surface area is 86.7 Å². The van der Waals surface area contributed by atoms with Crippen LogP contribution in [0.2, 0.25) is 0 Å². The van der Waals surface area contributed by atoms with Crippen molar-refractivity contribution in [3.8, 4) is 0 Å². The minimum absolute atomic E-state index is 0.00460. The minimum Gasteiger partial charge on any atom is -0.273 e. The molecule has 0 aromatic rings. The van der Waals surface area contributed by atoms with E-state index >= 15 is 0 Å². The normalized spacial score (nSPS) is 19.4. The average Bonchev–Trinajstić information content (AvgIpc) is 1.78. The maximum atomic E-state index is 13.1. The smallest absolute Gasteiger partial charge is 0.273 e. The zero-order valence-corrected chi connectivity index (χ0v) is 9.26. The number of halogens is 3. The molecule has 0 bridgehead atoms. The van der Waals surface area contributed by atoms with Gasteiger partial charge in [-0.25, -0.2) is 8.78 Å². The molecule has 0 fully saturated rings. The zero-order chi connectivity index (χ0) is 11.5. The Morgan fingerprint density at radius 1 is 1.43 bits per heavy atom. The van der Waals surface area contributed by atoms with Crippen molar-refractivity contribution >= 4 is 21.9 Å². The second-order valence-electron chi connectivity index (χ2n) is 2.83. The van der Waals surface area contributed by atoms with Crippen LogP contribution in [0.15, 0.2) is 0 Å². The van der Waals surface area contributed by atoms with Crippen molar-refractivity contribution in [2.24, 2.45) is 0 Å². The molecule has 0 heterocycles. The summed E-state index contributed by atoms with van der Waals surface area (Å²) in [6, 6.07) is 0. The highest BCUT2D eigenvalue weighted by atomic mass is 35.5. The molecule has 3 unspecified atom stereocenters. The van der Waals surface area contributed by atoms with Crippen LogP contribution in [0.1, 0.15) is 20.3 Å². The van der Waals surface area contributed by atoms with Gasteiger partial charge in [-0.05, 0) is 13.8 Å². The van der Waals surface area contributed by atoms with E-state index in [4.69, 9.17) is 16.2 Å². The quantitative estimate of drug-likeness (QED) is 0.460. The van der Waals surface area contributed by atoms with Crippen molar-refractivity contribution < 1.29 is 21.8 Å². The largest absolute Gasteiger partial charge is 0.339 e. The second-order valence-corrected chi connectivity index (χ2v) is 4.78. The molecule has 0 aromatic carbocycles. The van der Waals surface area contributed by atoms with Crippen LogP contribution >= 0.6 is 11.6 Å². The van der Waals surface area contributed by atoms with Crippen LogP contribution in [0.4, 0.5) is 8.78 Å². The minimum atomic E-state index is -4.75. The van der Waals surface area contributed by atoms with Gasteiger partial charge in [0, 0.05) is 6.42 Å². The van der Waals surface area contributed by atoms with E-state index in [2.05, 4.69) is 0 Å². The molecule has 8 heteroatoms. The first-order valence-electron chi connectivity index (χ1n) is 3.84. The van der Waals surface area contributed by atoms with Crippen LogP contribution in [-0.4, -0.2) is 35.2 Å². The van der Waals surface area contributed by atoms with E-state index in [0.29, 0.717) is 0 Å². The Kier molecular flexibility index (Phi) is 5.21. The van der Waals surface area contributed by atoms with Crippen molar-refractivity contribution in [3.63, 3.8) is 0 Å². The summed E-state index contributed by atoms with van der Waals surface area (Å²) in [5.41, 5.74) is -1.28. The van der Waals surface area contributed by atoms with Crippen LogP contribution in [0, 0.1) is 0 Å². The summed E-state index contributed by atoms with van der Waals surface area (Å²) in [5, 5.41) is 0. The van der Waals surface area contributed by atoms with Gasteiger partial charge in [-0.3, -0.25) is 4.55 Å². The molecule has 0 radical (unpaired) electrons. The molecule has 0 rings (SSSR count). The van der Waals surface area contributed by atoms with Crippen LogP contribution in [-0.2, 0) is 10.3 Å². The molecule has 0 aliphatic carbocycles. The highest BCUT2D eigenvalue weighted by Crippen LogP contribution is 2.19. The van der Waals surface area contributed by atoms with Crippen LogP contribution in [0.5, 0.6) is 0 Å². The highest BCUT2D eigenvalue weighted by Gasteiger charge is 2.33. The molecular formula is C6H12ClF2NO3S. The molecule has 0 aliphatic heterocycles. The lowest BCUT2D eigenvalue weighted by molar-refractivity contribution is 0.109. The van der Waals surface area contributed by atoms with Gasteiger partial charge in [-0.1, -0.05) is 0 Å². The lowest BCUT2D eigenvalue weighted by atomic mass is 10.3. The number of rotatable bonds is 5. The third kappa shape index (κ3) is 4.50. The van der Waals surface area contributed by atoms with Crippen molar-refractivity contribution in [2.75, 3.05) is 0 Å². The Morgan fingerprint density at radius 2 is 1.86 bits per heavy atom. The summed E-state index contributed by atoms with van der Waals surface area (Å²) in [4.78, 5) is 0.